The quantitative estimate of drug-likeness (QED) is 0.874. The summed E-state index contributed by atoms with van der Waals surface area (Å²) in [5, 5.41) is 10.4. The first-order valence-electron chi connectivity index (χ1n) is 6.97. The zero-order valence-corrected chi connectivity index (χ0v) is 12.7. The average Bonchev–Trinajstić information content (AvgIpc) is 3.01. The van der Waals surface area contributed by atoms with Crippen molar-refractivity contribution in [1.29, 1.82) is 0 Å². The van der Waals surface area contributed by atoms with Crippen molar-refractivity contribution in [1.82, 2.24) is 15.0 Å². The van der Waals surface area contributed by atoms with Gasteiger partial charge in [-0.3, -0.25) is 0 Å². The van der Waals surface area contributed by atoms with Crippen molar-refractivity contribution in [3.63, 3.8) is 0 Å². The third kappa shape index (κ3) is 3.59. The van der Waals surface area contributed by atoms with Gasteiger partial charge >= 0.3 is 0 Å². The number of morpholine rings is 1. The molecule has 21 heavy (non-hydrogen) atoms. The lowest BCUT2D eigenvalue weighted by atomic mass is 10.4. The number of anilines is 4. The summed E-state index contributed by atoms with van der Waals surface area (Å²) in [6, 6.07) is 2.00. The van der Waals surface area contributed by atoms with Gasteiger partial charge in [0.25, 0.3) is 0 Å². The lowest BCUT2D eigenvalue weighted by Gasteiger charge is -2.27. The fourth-order valence-electron chi connectivity index (χ4n) is 2.03. The molecule has 0 atom stereocenters. The van der Waals surface area contributed by atoms with Gasteiger partial charge in [-0.05, 0) is 18.4 Å². The van der Waals surface area contributed by atoms with Crippen LogP contribution in [0.4, 0.5) is 23.5 Å². The van der Waals surface area contributed by atoms with Crippen molar-refractivity contribution in [3.05, 3.63) is 16.8 Å². The summed E-state index contributed by atoms with van der Waals surface area (Å²) in [6.07, 6.45) is 0. The Bertz CT molecular complexity index is 570. The Morgan fingerprint density at radius 3 is 2.76 bits per heavy atom. The third-order valence-electron chi connectivity index (χ3n) is 3.03. The second kappa shape index (κ2) is 6.68. The van der Waals surface area contributed by atoms with Crippen molar-refractivity contribution in [3.8, 4) is 0 Å². The number of nitrogens with zero attached hydrogens (tertiary/aromatic N) is 4. The van der Waals surface area contributed by atoms with Crippen molar-refractivity contribution in [2.24, 2.45) is 0 Å². The molecule has 0 unspecified atom stereocenters. The van der Waals surface area contributed by atoms with Gasteiger partial charge in [-0.2, -0.15) is 26.3 Å². The summed E-state index contributed by atoms with van der Waals surface area (Å²) in [5.41, 5.74) is 0.988. The van der Waals surface area contributed by atoms with E-state index in [-0.39, 0.29) is 0 Å². The third-order valence-corrected chi connectivity index (χ3v) is 3.71. The molecular weight excluding hydrogens is 288 g/mol. The molecular formula is C13H18N6OS. The zero-order valence-electron chi connectivity index (χ0n) is 11.9. The molecule has 1 aliphatic rings. The van der Waals surface area contributed by atoms with E-state index in [1.54, 1.807) is 11.3 Å². The van der Waals surface area contributed by atoms with Crippen LogP contribution in [-0.2, 0) is 4.74 Å². The maximum absolute atomic E-state index is 5.37. The maximum atomic E-state index is 5.37. The second-order valence-corrected chi connectivity index (χ2v) is 5.33. The van der Waals surface area contributed by atoms with Crippen LogP contribution in [0, 0.1) is 0 Å². The summed E-state index contributed by atoms with van der Waals surface area (Å²) in [7, 11) is 0. The van der Waals surface area contributed by atoms with Crippen LogP contribution in [0.1, 0.15) is 6.92 Å². The van der Waals surface area contributed by atoms with Crippen LogP contribution in [-0.4, -0.2) is 47.8 Å². The lowest BCUT2D eigenvalue weighted by molar-refractivity contribution is 0.122. The van der Waals surface area contributed by atoms with Gasteiger partial charge in [0.05, 0.1) is 18.9 Å². The SMILES string of the molecule is CCNc1nc(Nc2ccsc2)nc(N2CCOCC2)n1. The molecule has 112 valence electrons. The van der Waals surface area contributed by atoms with Crippen molar-refractivity contribution >= 4 is 34.9 Å². The highest BCUT2D eigenvalue weighted by Gasteiger charge is 2.16. The normalized spacial score (nSPS) is 15.0. The predicted octanol–water partition coefficient (Wildman–Crippen LogP) is 1.95. The fourth-order valence-corrected chi connectivity index (χ4v) is 2.62. The van der Waals surface area contributed by atoms with E-state index in [2.05, 4.69) is 30.5 Å². The van der Waals surface area contributed by atoms with E-state index in [4.69, 9.17) is 4.74 Å². The molecule has 1 saturated heterocycles. The monoisotopic (exact) mass is 306 g/mol. The number of aromatic nitrogens is 3. The van der Waals surface area contributed by atoms with Gasteiger partial charge in [0.15, 0.2) is 0 Å². The molecule has 0 aliphatic carbocycles. The number of hydrogen-bond acceptors (Lipinski definition) is 8. The van der Waals surface area contributed by atoms with Crippen LogP contribution in [0.15, 0.2) is 16.8 Å². The molecule has 2 aromatic rings. The minimum absolute atomic E-state index is 0.556. The second-order valence-electron chi connectivity index (χ2n) is 4.55. The Labute approximate surface area is 127 Å². The van der Waals surface area contributed by atoms with E-state index in [0.29, 0.717) is 31.1 Å². The zero-order chi connectivity index (χ0) is 14.5. The molecule has 2 N–H and O–H groups in total. The van der Waals surface area contributed by atoms with Crippen LogP contribution < -0.4 is 15.5 Å². The summed E-state index contributed by atoms with van der Waals surface area (Å²) >= 11 is 1.63. The van der Waals surface area contributed by atoms with Gasteiger partial charge < -0.3 is 20.3 Å². The largest absolute Gasteiger partial charge is 0.378 e. The first kappa shape index (κ1) is 14.0. The highest BCUT2D eigenvalue weighted by molar-refractivity contribution is 7.08. The van der Waals surface area contributed by atoms with Crippen molar-refractivity contribution in [2.45, 2.75) is 6.92 Å². The molecule has 1 aliphatic heterocycles. The Morgan fingerprint density at radius 2 is 2.05 bits per heavy atom. The number of thiophene rings is 1. The molecule has 2 aromatic heterocycles. The Morgan fingerprint density at radius 1 is 1.24 bits per heavy atom. The van der Waals surface area contributed by atoms with E-state index in [1.807, 2.05) is 23.8 Å². The first-order chi connectivity index (χ1) is 10.3. The summed E-state index contributed by atoms with van der Waals surface area (Å²) in [5.74, 6) is 1.83. The number of nitrogens with one attached hydrogen (secondary N) is 2. The smallest absolute Gasteiger partial charge is 0.233 e. The number of hydrogen-bond donors (Lipinski definition) is 2. The first-order valence-corrected chi connectivity index (χ1v) is 7.91. The van der Waals surface area contributed by atoms with Crippen LogP contribution in [0.25, 0.3) is 0 Å². The highest BCUT2D eigenvalue weighted by Crippen LogP contribution is 2.20. The van der Waals surface area contributed by atoms with Gasteiger partial charge in [-0.1, -0.05) is 0 Å². The molecule has 0 saturated carbocycles. The summed E-state index contributed by atoms with van der Waals surface area (Å²) in [4.78, 5) is 15.5. The van der Waals surface area contributed by atoms with Gasteiger partial charge in [0.2, 0.25) is 17.8 Å². The molecule has 8 heteroatoms. The minimum atomic E-state index is 0.556. The molecule has 0 amide bonds. The Balaban J connectivity index is 1.85. The summed E-state index contributed by atoms with van der Waals surface area (Å²) < 4.78 is 5.37. The van der Waals surface area contributed by atoms with E-state index in [0.717, 1.165) is 25.3 Å². The van der Waals surface area contributed by atoms with E-state index >= 15 is 0 Å². The van der Waals surface area contributed by atoms with E-state index < -0.39 is 0 Å². The lowest BCUT2D eigenvalue weighted by Crippen LogP contribution is -2.37. The Kier molecular flexibility index (Phi) is 4.46. The van der Waals surface area contributed by atoms with Gasteiger partial charge in [-0.25, -0.2) is 0 Å². The molecule has 7 nitrogen and oxygen atoms in total. The molecule has 0 aromatic carbocycles. The molecule has 3 rings (SSSR count). The highest BCUT2D eigenvalue weighted by atomic mass is 32.1. The maximum Gasteiger partial charge on any atom is 0.233 e. The van der Waals surface area contributed by atoms with Gasteiger partial charge in [0.1, 0.15) is 0 Å². The topological polar surface area (TPSA) is 75.2 Å². The average molecular weight is 306 g/mol. The van der Waals surface area contributed by atoms with Crippen LogP contribution in [0.3, 0.4) is 0 Å². The van der Waals surface area contributed by atoms with Crippen LogP contribution in [0.5, 0.6) is 0 Å². The predicted molar refractivity (Wildman–Crippen MR) is 84.6 cm³/mol. The van der Waals surface area contributed by atoms with Crippen molar-refractivity contribution < 1.29 is 4.74 Å². The van der Waals surface area contributed by atoms with E-state index in [9.17, 15) is 0 Å². The van der Waals surface area contributed by atoms with E-state index in [1.165, 1.54) is 0 Å². The standard InChI is InChI=1S/C13H18N6OS/c1-2-14-11-16-12(15-10-3-8-21-9-10)18-13(17-11)19-4-6-20-7-5-19/h3,8-9H,2,4-7H2,1H3,(H2,14,15,16,17,18). The Hall–Kier alpha value is -1.93. The minimum Gasteiger partial charge on any atom is -0.378 e. The van der Waals surface area contributed by atoms with Gasteiger partial charge in [-0.15, -0.1) is 0 Å². The summed E-state index contributed by atoms with van der Waals surface area (Å²) in [6.45, 7) is 5.79. The van der Waals surface area contributed by atoms with Crippen LogP contribution in [0.2, 0.25) is 0 Å². The molecule has 0 spiro atoms. The van der Waals surface area contributed by atoms with Crippen molar-refractivity contribution in [2.75, 3.05) is 48.4 Å². The molecule has 0 bridgehead atoms. The number of rotatable bonds is 5. The molecule has 0 radical (unpaired) electrons. The molecule has 1 fully saturated rings. The van der Waals surface area contributed by atoms with Crippen LogP contribution >= 0.6 is 11.3 Å². The number of ether oxygens (including phenoxy) is 1. The van der Waals surface area contributed by atoms with Gasteiger partial charge in [0, 0.05) is 25.0 Å². The molecule has 3 heterocycles. The fraction of sp³-hybridized carbons (Fsp3) is 0.462.